The van der Waals surface area contributed by atoms with Crippen LogP contribution >= 0.6 is 15.9 Å². The van der Waals surface area contributed by atoms with Gasteiger partial charge in [0.15, 0.2) is 11.5 Å². The maximum absolute atomic E-state index is 6.22. The fraction of sp³-hybridized carbons (Fsp3) is 0.625. The Kier molecular flexibility index (Phi) is 3.95. The van der Waals surface area contributed by atoms with Crippen LogP contribution in [0, 0.1) is 0 Å². The lowest BCUT2D eigenvalue weighted by Gasteiger charge is -2.18. The monoisotopic (exact) mass is 339 g/mol. The molecule has 2 aliphatic carbocycles. The molecule has 2 N–H and O–H groups in total. The number of halogens is 1. The third-order valence-electron chi connectivity index (χ3n) is 4.36. The van der Waals surface area contributed by atoms with Crippen LogP contribution in [0.1, 0.15) is 44.1 Å². The summed E-state index contributed by atoms with van der Waals surface area (Å²) in [5.41, 5.74) is 7.43. The Morgan fingerprint density at radius 1 is 1.25 bits per heavy atom. The summed E-state index contributed by atoms with van der Waals surface area (Å²) >= 11 is 3.65. The second-order valence-electron chi connectivity index (χ2n) is 6.16. The van der Waals surface area contributed by atoms with Gasteiger partial charge in [-0.15, -0.1) is 0 Å². The molecule has 0 amide bonds. The zero-order valence-electron chi connectivity index (χ0n) is 12.0. The summed E-state index contributed by atoms with van der Waals surface area (Å²) in [6.07, 6.45) is 8.29. The van der Waals surface area contributed by atoms with Crippen molar-refractivity contribution in [3.63, 3.8) is 0 Å². The number of nitrogens with two attached hydrogens (primary N) is 1. The van der Waals surface area contributed by atoms with Crippen molar-refractivity contribution in [3.8, 4) is 11.5 Å². The van der Waals surface area contributed by atoms with E-state index in [2.05, 4.69) is 22.0 Å². The Morgan fingerprint density at radius 3 is 2.55 bits per heavy atom. The van der Waals surface area contributed by atoms with Gasteiger partial charge in [0.25, 0.3) is 0 Å². The highest BCUT2D eigenvalue weighted by Crippen LogP contribution is 2.41. The largest absolute Gasteiger partial charge is 0.493 e. The van der Waals surface area contributed by atoms with Gasteiger partial charge in [-0.2, -0.15) is 0 Å². The molecule has 2 saturated carbocycles. The average Bonchev–Trinajstić information content (AvgIpc) is 2.93. The third kappa shape index (κ3) is 3.12. The van der Waals surface area contributed by atoms with E-state index in [-0.39, 0.29) is 5.54 Å². The third-order valence-corrected chi connectivity index (χ3v) is 5.10. The average molecular weight is 340 g/mol. The zero-order valence-corrected chi connectivity index (χ0v) is 13.5. The number of hydrogen-bond donors (Lipinski definition) is 1. The summed E-state index contributed by atoms with van der Waals surface area (Å²) in [4.78, 5) is 0. The quantitative estimate of drug-likeness (QED) is 0.886. The first kappa shape index (κ1) is 14.2. The Morgan fingerprint density at radius 2 is 1.95 bits per heavy atom. The minimum absolute atomic E-state index is 0.00135. The zero-order chi connectivity index (χ0) is 14.2. The molecular weight excluding hydrogens is 318 g/mol. The summed E-state index contributed by atoms with van der Waals surface area (Å²) in [7, 11) is 1.70. The fourth-order valence-corrected chi connectivity index (χ4v) is 3.33. The predicted octanol–water partition coefficient (Wildman–Crippen LogP) is 3.81. The van der Waals surface area contributed by atoms with Crippen molar-refractivity contribution >= 4 is 15.9 Å². The van der Waals surface area contributed by atoms with E-state index in [9.17, 15) is 0 Å². The summed E-state index contributed by atoms with van der Waals surface area (Å²) in [6.45, 7) is 0. The van der Waals surface area contributed by atoms with Crippen LogP contribution in [0.25, 0.3) is 0 Å². The summed E-state index contributed by atoms with van der Waals surface area (Å²) in [5, 5.41) is 0. The van der Waals surface area contributed by atoms with Crippen molar-refractivity contribution in [2.24, 2.45) is 5.73 Å². The lowest BCUT2D eigenvalue weighted by molar-refractivity contribution is 0.200. The van der Waals surface area contributed by atoms with Crippen molar-refractivity contribution in [1.82, 2.24) is 0 Å². The normalized spacial score (nSPS) is 20.9. The number of rotatable bonds is 5. The van der Waals surface area contributed by atoms with E-state index in [4.69, 9.17) is 15.2 Å². The molecule has 3 rings (SSSR count). The van der Waals surface area contributed by atoms with Crippen LogP contribution in [0.15, 0.2) is 16.6 Å². The molecule has 0 atom stereocenters. The second kappa shape index (κ2) is 5.57. The molecule has 0 unspecified atom stereocenters. The van der Waals surface area contributed by atoms with Crippen LogP contribution in [-0.4, -0.2) is 18.8 Å². The number of methoxy groups -OCH3 is 1. The highest BCUT2D eigenvalue weighted by atomic mass is 79.9. The molecule has 2 aliphatic rings. The van der Waals surface area contributed by atoms with Crippen LogP contribution in [0.5, 0.6) is 11.5 Å². The maximum Gasteiger partial charge on any atom is 0.162 e. The first-order valence-electron chi connectivity index (χ1n) is 7.42. The topological polar surface area (TPSA) is 44.5 Å². The molecule has 0 radical (unpaired) electrons. The molecule has 3 nitrogen and oxygen atoms in total. The van der Waals surface area contributed by atoms with Gasteiger partial charge in [-0.05, 0) is 62.6 Å². The van der Waals surface area contributed by atoms with Crippen LogP contribution in [0.2, 0.25) is 0 Å². The van der Waals surface area contributed by atoms with Gasteiger partial charge in [0.2, 0.25) is 0 Å². The van der Waals surface area contributed by atoms with Crippen molar-refractivity contribution in [1.29, 1.82) is 0 Å². The van der Waals surface area contributed by atoms with Gasteiger partial charge in [0.05, 0.1) is 13.2 Å². The maximum atomic E-state index is 6.22. The van der Waals surface area contributed by atoms with Crippen LogP contribution in [0.3, 0.4) is 0 Å². The Bertz CT molecular complexity index is 493. The Hall–Kier alpha value is -0.740. The van der Waals surface area contributed by atoms with Gasteiger partial charge in [0.1, 0.15) is 0 Å². The first-order valence-corrected chi connectivity index (χ1v) is 8.21. The van der Waals surface area contributed by atoms with Gasteiger partial charge in [-0.25, -0.2) is 0 Å². The number of ether oxygens (including phenoxy) is 2. The van der Waals surface area contributed by atoms with E-state index < -0.39 is 0 Å². The SMILES string of the molecule is COc1cc(CC2(N)CC2)c(Br)cc1OC1CCCC1. The summed E-state index contributed by atoms with van der Waals surface area (Å²) in [6, 6.07) is 4.11. The minimum atomic E-state index is 0.00135. The van der Waals surface area contributed by atoms with Gasteiger partial charge in [-0.3, -0.25) is 0 Å². The van der Waals surface area contributed by atoms with Crippen LogP contribution in [0.4, 0.5) is 0 Å². The molecule has 0 spiro atoms. The highest BCUT2D eigenvalue weighted by molar-refractivity contribution is 9.10. The fourth-order valence-electron chi connectivity index (χ4n) is 2.87. The molecule has 20 heavy (non-hydrogen) atoms. The van der Waals surface area contributed by atoms with E-state index in [1.807, 2.05) is 6.07 Å². The van der Waals surface area contributed by atoms with Gasteiger partial charge >= 0.3 is 0 Å². The van der Waals surface area contributed by atoms with Crippen LogP contribution < -0.4 is 15.2 Å². The lowest BCUT2D eigenvalue weighted by atomic mass is 10.0. The van der Waals surface area contributed by atoms with Crippen molar-refractivity contribution in [2.75, 3.05) is 7.11 Å². The molecule has 2 fully saturated rings. The lowest BCUT2D eigenvalue weighted by Crippen LogP contribution is -2.24. The van der Waals surface area contributed by atoms with E-state index in [1.165, 1.54) is 18.4 Å². The van der Waals surface area contributed by atoms with E-state index in [0.29, 0.717) is 6.10 Å². The second-order valence-corrected chi connectivity index (χ2v) is 7.01. The standard InChI is InChI=1S/C16H22BrNO2/c1-19-14-8-11(10-16(18)6-7-16)13(17)9-15(14)20-12-4-2-3-5-12/h8-9,12H,2-7,10,18H2,1H3. The van der Waals surface area contributed by atoms with Crippen LogP contribution in [-0.2, 0) is 6.42 Å². The predicted molar refractivity (Wildman–Crippen MR) is 83.4 cm³/mol. The molecule has 0 heterocycles. The molecular formula is C16H22BrNO2. The number of hydrogen-bond acceptors (Lipinski definition) is 3. The van der Waals surface area contributed by atoms with E-state index in [1.54, 1.807) is 7.11 Å². The van der Waals surface area contributed by atoms with Crippen molar-refractivity contribution in [2.45, 2.75) is 56.6 Å². The number of benzene rings is 1. The summed E-state index contributed by atoms with van der Waals surface area (Å²) < 4.78 is 12.7. The Balaban J connectivity index is 1.80. The van der Waals surface area contributed by atoms with E-state index in [0.717, 1.165) is 48.1 Å². The first-order chi connectivity index (χ1) is 9.59. The Labute approximate surface area is 129 Å². The molecule has 110 valence electrons. The van der Waals surface area contributed by atoms with Gasteiger partial charge in [0, 0.05) is 10.0 Å². The van der Waals surface area contributed by atoms with E-state index >= 15 is 0 Å². The summed E-state index contributed by atoms with van der Waals surface area (Å²) in [5.74, 6) is 1.66. The molecule has 0 bridgehead atoms. The molecule has 0 saturated heterocycles. The molecule has 4 heteroatoms. The van der Waals surface area contributed by atoms with Gasteiger partial charge in [-0.1, -0.05) is 15.9 Å². The van der Waals surface area contributed by atoms with Gasteiger partial charge < -0.3 is 15.2 Å². The molecule has 0 aromatic heterocycles. The molecule has 1 aromatic carbocycles. The molecule has 1 aromatic rings. The minimum Gasteiger partial charge on any atom is -0.493 e. The highest BCUT2D eigenvalue weighted by Gasteiger charge is 2.38. The smallest absolute Gasteiger partial charge is 0.162 e. The van der Waals surface area contributed by atoms with Crippen molar-refractivity contribution in [3.05, 3.63) is 22.2 Å². The van der Waals surface area contributed by atoms with Crippen molar-refractivity contribution < 1.29 is 9.47 Å². The molecule has 0 aliphatic heterocycles.